The van der Waals surface area contributed by atoms with Gasteiger partial charge >= 0.3 is 11.9 Å². The number of ether oxygens (including phenoxy) is 5. The summed E-state index contributed by atoms with van der Waals surface area (Å²) in [5, 5.41) is 62.0. The summed E-state index contributed by atoms with van der Waals surface area (Å²) in [5.74, 6) is -2.25. The number of benzene rings is 2. The van der Waals surface area contributed by atoms with Crippen LogP contribution < -0.4 is 0 Å². The highest BCUT2D eigenvalue weighted by Gasteiger charge is 2.82. The molecular formula is C44H56O12. The van der Waals surface area contributed by atoms with E-state index in [9.17, 15) is 35.1 Å². The van der Waals surface area contributed by atoms with E-state index in [0.29, 0.717) is 19.3 Å². The second-order valence-electron chi connectivity index (χ2n) is 17.1. The maximum Gasteiger partial charge on any atom is 0.338 e. The second kappa shape index (κ2) is 14.7. The van der Waals surface area contributed by atoms with Crippen molar-refractivity contribution in [1.82, 2.24) is 0 Å². The van der Waals surface area contributed by atoms with Gasteiger partial charge in [0.2, 0.25) is 0 Å². The highest BCUT2D eigenvalue weighted by atomic mass is 16.7. The number of aliphatic hydroxyl groups is 5. The first kappa shape index (κ1) is 40.7. The summed E-state index contributed by atoms with van der Waals surface area (Å²) in [5.41, 5.74) is -9.40. The molecule has 4 fully saturated rings. The summed E-state index contributed by atoms with van der Waals surface area (Å²) in [6.45, 7) is 6.77. The molecule has 0 bridgehead atoms. The molecule has 1 aliphatic heterocycles. The number of aliphatic hydroxyl groups excluding tert-OH is 1. The summed E-state index contributed by atoms with van der Waals surface area (Å²) in [7, 11) is 1.53. The van der Waals surface area contributed by atoms with E-state index in [2.05, 4.69) is 0 Å². The summed E-state index contributed by atoms with van der Waals surface area (Å²) in [6.07, 6.45) is 1.64. The van der Waals surface area contributed by atoms with Crippen LogP contribution in [0.1, 0.15) is 88.6 Å². The van der Waals surface area contributed by atoms with E-state index < -0.39 is 94.0 Å². The zero-order valence-electron chi connectivity index (χ0n) is 32.7. The molecule has 1 saturated heterocycles. The number of hydrogen-bond donors (Lipinski definition) is 5. The Bertz CT molecular complexity index is 1820. The van der Waals surface area contributed by atoms with Crippen molar-refractivity contribution in [2.24, 2.45) is 16.7 Å². The van der Waals surface area contributed by atoms with Gasteiger partial charge in [-0.15, -0.1) is 0 Å². The number of hydrogen-bond acceptors (Lipinski definition) is 12. The minimum Gasteiger partial charge on any atom is -0.458 e. The molecule has 7 rings (SSSR count). The molecule has 1 heterocycles. The van der Waals surface area contributed by atoms with Gasteiger partial charge in [0.1, 0.15) is 35.1 Å². The van der Waals surface area contributed by atoms with Crippen LogP contribution in [0.3, 0.4) is 0 Å². The molecular weight excluding hydrogens is 720 g/mol. The third-order valence-electron chi connectivity index (χ3n) is 14.5. The molecule has 2 aromatic rings. The smallest absolute Gasteiger partial charge is 0.338 e. The van der Waals surface area contributed by atoms with Crippen molar-refractivity contribution >= 4 is 18.0 Å². The molecule has 4 aliphatic carbocycles. The molecule has 2 aromatic carbocycles. The van der Waals surface area contributed by atoms with Crippen LogP contribution in [-0.2, 0) is 28.5 Å². The van der Waals surface area contributed by atoms with Crippen LogP contribution in [0, 0.1) is 16.7 Å². The second-order valence-corrected chi connectivity index (χ2v) is 17.1. The molecule has 5 N–H and O–H groups in total. The average Bonchev–Trinajstić information content (AvgIpc) is 3.41. The topological polar surface area (TPSA) is 181 Å². The van der Waals surface area contributed by atoms with Crippen molar-refractivity contribution in [3.05, 3.63) is 90.0 Å². The van der Waals surface area contributed by atoms with Crippen LogP contribution in [0.25, 0.3) is 6.08 Å². The van der Waals surface area contributed by atoms with Crippen LogP contribution in [0.5, 0.6) is 0 Å². The quantitative estimate of drug-likeness (QED) is 0.139. The molecule has 56 heavy (non-hydrogen) atoms. The minimum absolute atomic E-state index is 0.0345. The predicted molar refractivity (Wildman–Crippen MR) is 204 cm³/mol. The Kier molecular flexibility index (Phi) is 10.7. The van der Waals surface area contributed by atoms with Gasteiger partial charge in [-0.25, -0.2) is 9.59 Å². The SMILES string of the molecule is COC1CC(OC2CCC3(C)C4CC(OC(=O)C=Cc5ccccc5)C5(C)C(O)(C(C)OC(=O)c6ccccc6)CCC5(O)C4(O)C=CC3(O)C2)OC(C)C1O. The van der Waals surface area contributed by atoms with Crippen LogP contribution in [-0.4, -0.2) is 110 Å². The zero-order chi connectivity index (χ0) is 40.3. The van der Waals surface area contributed by atoms with Gasteiger partial charge in [0.05, 0.1) is 34.9 Å². The molecule has 0 amide bonds. The van der Waals surface area contributed by atoms with E-state index in [1.807, 2.05) is 37.3 Å². The molecule has 14 atom stereocenters. The third kappa shape index (κ3) is 6.28. The first-order chi connectivity index (χ1) is 26.4. The Morgan fingerprint density at radius 3 is 2.29 bits per heavy atom. The van der Waals surface area contributed by atoms with E-state index in [4.69, 9.17) is 23.7 Å². The molecule has 0 radical (unpaired) electrons. The lowest BCUT2D eigenvalue weighted by atomic mass is 9.41. The molecule has 5 aliphatic rings. The molecule has 12 heteroatoms. The fraction of sp³-hybridized carbons (Fsp3) is 0.591. The van der Waals surface area contributed by atoms with E-state index in [1.54, 1.807) is 63.3 Å². The molecule has 304 valence electrons. The van der Waals surface area contributed by atoms with Crippen LogP contribution in [0.2, 0.25) is 0 Å². The monoisotopic (exact) mass is 776 g/mol. The standard InChI is InChI=1S/C44H56O12/c1-27-37(46)32(52-5)24-36(53-27)55-31-18-19-39(3)33-25-34(56-35(45)17-16-29-12-8-6-9-13-29)40(4)42(49,28(2)54-38(47)30-14-10-7-11-15-30)22-23-44(40,51)43(33,50)21-20-41(39,48)26-31/h6-17,20-21,27-28,31-34,36-37,46,48-51H,18-19,22-26H2,1-5H3. The molecule has 0 aromatic heterocycles. The van der Waals surface area contributed by atoms with Gasteiger partial charge in [-0.1, -0.05) is 74.5 Å². The number of methoxy groups -OCH3 is 1. The molecule has 3 saturated carbocycles. The highest BCUT2D eigenvalue weighted by molar-refractivity contribution is 5.89. The fourth-order valence-electron chi connectivity index (χ4n) is 10.9. The number of rotatable bonds is 9. The molecule has 14 unspecified atom stereocenters. The van der Waals surface area contributed by atoms with E-state index in [0.717, 1.165) is 5.56 Å². The summed E-state index contributed by atoms with van der Waals surface area (Å²) in [4.78, 5) is 27.0. The summed E-state index contributed by atoms with van der Waals surface area (Å²) in [6, 6.07) is 17.6. The van der Waals surface area contributed by atoms with Crippen molar-refractivity contribution in [3.63, 3.8) is 0 Å². The Balaban J connectivity index is 1.22. The van der Waals surface area contributed by atoms with Crippen molar-refractivity contribution in [1.29, 1.82) is 0 Å². The van der Waals surface area contributed by atoms with Gasteiger partial charge in [0.15, 0.2) is 6.29 Å². The Morgan fingerprint density at radius 2 is 1.61 bits per heavy atom. The highest BCUT2D eigenvalue weighted by Crippen LogP contribution is 2.71. The number of carbonyl (C=O) groups excluding carboxylic acids is 2. The maximum absolute atomic E-state index is 13.7. The molecule has 0 spiro atoms. The van der Waals surface area contributed by atoms with Gasteiger partial charge in [-0.2, -0.15) is 0 Å². The van der Waals surface area contributed by atoms with Gasteiger partial charge in [-0.3, -0.25) is 0 Å². The Morgan fingerprint density at radius 1 is 0.929 bits per heavy atom. The lowest BCUT2D eigenvalue weighted by molar-refractivity contribution is -0.329. The largest absolute Gasteiger partial charge is 0.458 e. The first-order valence-electron chi connectivity index (χ1n) is 19.8. The Hall–Kier alpha value is -3.46. The zero-order valence-corrected chi connectivity index (χ0v) is 32.7. The normalized spacial score (nSPS) is 43.6. The van der Waals surface area contributed by atoms with E-state index in [1.165, 1.54) is 19.3 Å². The van der Waals surface area contributed by atoms with Crippen molar-refractivity contribution in [3.8, 4) is 0 Å². The summed E-state index contributed by atoms with van der Waals surface area (Å²) < 4.78 is 30.0. The Labute approximate surface area is 328 Å². The first-order valence-corrected chi connectivity index (χ1v) is 19.8. The third-order valence-corrected chi connectivity index (χ3v) is 14.5. The van der Waals surface area contributed by atoms with Crippen molar-refractivity contribution < 1.29 is 58.8 Å². The number of carbonyl (C=O) groups is 2. The average molecular weight is 777 g/mol. The maximum atomic E-state index is 13.7. The van der Waals surface area contributed by atoms with Crippen LogP contribution in [0.4, 0.5) is 0 Å². The molecule has 12 nitrogen and oxygen atoms in total. The van der Waals surface area contributed by atoms with Crippen LogP contribution in [0.15, 0.2) is 78.9 Å². The minimum atomic E-state index is -2.12. The number of esters is 2. The van der Waals surface area contributed by atoms with Crippen LogP contribution >= 0.6 is 0 Å². The van der Waals surface area contributed by atoms with Gasteiger partial charge in [0, 0.05) is 37.4 Å². The van der Waals surface area contributed by atoms with E-state index >= 15 is 0 Å². The van der Waals surface area contributed by atoms with Gasteiger partial charge in [-0.05, 0) is 69.7 Å². The lowest BCUT2D eigenvalue weighted by Crippen LogP contribution is -2.80. The van der Waals surface area contributed by atoms with Crippen molar-refractivity contribution in [2.45, 2.75) is 138 Å². The number of fused-ring (bicyclic) bond motifs is 5. The van der Waals surface area contributed by atoms with Gasteiger partial charge in [0.25, 0.3) is 0 Å². The lowest BCUT2D eigenvalue weighted by Gasteiger charge is -2.68. The predicted octanol–water partition coefficient (Wildman–Crippen LogP) is 4.26. The van der Waals surface area contributed by atoms with Crippen molar-refractivity contribution in [2.75, 3.05) is 7.11 Å². The fourth-order valence-corrected chi connectivity index (χ4v) is 10.9. The van der Waals surface area contributed by atoms with E-state index in [-0.39, 0.29) is 31.2 Å². The van der Waals surface area contributed by atoms with Gasteiger partial charge < -0.3 is 49.2 Å². The summed E-state index contributed by atoms with van der Waals surface area (Å²) >= 11 is 0.